The molecule has 1 amide bonds. The lowest BCUT2D eigenvalue weighted by Crippen LogP contribution is -2.48. The Kier molecular flexibility index (Phi) is 6.05. The number of aromatic hydroxyl groups is 1. The van der Waals surface area contributed by atoms with Crippen LogP contribution in [0.2, 0.25) is 0 Å². The number of anilines is 2. The number of aryl methyl sites for hydroxylation is 1. The molecule has 7 nitrogen and oxygen atoms in total. The van der Waals surface area contributed by atoms with Crippen LogP contribution in [0.4, 0.5) is 11.4 Å². The van der Waals surface area contributed by atoms with E-state index in [9.17, 15) is 18.3 Å². The van der Waals surface area contributed by atoms with Gasteiger partial charge in [-0.1, -0.05) is 29.8 Å². The highest BCUT2D eigenvalue weighted by molar-refractivity contribution is 7.92. The third kappa shape index (κ3) is 4.70. The largest absolute Gasteiger partial charge is 0.506 e. The van der Waals surface area contributed by atoms with E-state index in [1.165, 1.54) is 12.1 Å². The Morgan fingerprint density at radius 1 is 0.875 bits per heavy atom. The van der Waals surface area contributed by atoms with E-state index in [-0.39, 0.29) is 16.6 Å². The van der Waals surface area contributed by atoms with E-state index in [2.05, 4.69) is 4.72 Å². The summed E-state index contributed by atoms with van der Waals surface area (Å²) < 4.78 is 27.8. The van der Waals surface area contributed by atoms with Gasteiger partial charge in [0.05, 0.1) is 10.6 Å². The predicted octanol–water partition coefficient (Wildman–Crippen LogP) is 3.46. The van der Waals surface area contributed by atoms with E-state index in [0.717, 1.165) is 11.3 Å². The first-order chi connectivity index (χ1) is 15.3. The number of phenolic OH excluding ortho intramolecular Hbond substituents is 1. The Hall–Kier alpha value is -3.52. The van der Waals surface area contributed by atoms with E-state index in [0.29, 0.717) is 37.4 Å². The van der Waals surface area contributed by atoms with Crippen molar-refractivity contribution in [2.75, 3.05) is 35.8 Å². The van der Waals surface area contributed by atoms with Crippen LogP contribution >= 0.6 is 0 Å². The zero-order valence-corrected chi connectivity index (χ0v) is 18.5. The number of rotatable bonds is 5. The fourth-order valence-electron chi connectivity index (χ4n) is 3.68. The van der Waals surface area contributed by atoms with Gasteiger partial charge in [0, 0.05) is 37.4 Å². The lowest BCUT2D eigenvalue weighted by molar-refractivity contribution is 0.0746. The first-order valence-electron chi connectivity index (χ1n) is 10.4. The Bertz CT molecular complexity index is 1200. The monoisotopic (exact) mass is 451 g/mol. The molecule has 8 heteroatoms. The van der Waals surface area contributed by atoms with Crippen molar-refractivity contribution in [1.29, 1.82) is 0 Å². The number of carbonyl (C=O) groups excluding carboxylic acids is 1. The number of nitrogens with one attached hydrogen (secondary N) is 1. The van der Waals surface area contributed by atoms with Crippen LogP contribution in [-0.4, -0.2) is 50.5 Å². The summed E-state index contributed by atoms with van der Waals surface area (Å²) in [6.07, 6.45) is 0. The minimum Gasteiger partial charge on any atom is -0.506 e. The molecule has 0 aromatic heterocycles. The number of phenols is 1. The number of hydrogen-bond donors (Lipinski definition) is 2. The molecule has 3 aromatic rings. The van der Waals surface area contributed by atoms with Gasteiger partial charge >= 0.3 is 0 Å². The highest BCUT2D eigenvalue weighted by atomic mass is 32.2. The summed E-state index contributed by atoms with van der Waals surface area (Å²) >= 11 is 0. The number of benzene rings is 3. The molecule has 0 unspecified atom stereocenters. The fourth-order valence-corrected chi connectivity index (χ4v) is 4.74. The second-order valence-corrected chi connectivity index (χ2v) is 9.45. The van der Waals surface area contributed by atoms with Crippen LogP contribution in [0.3, 0.4) is 0 Å². The first-order valence-corrected chi connectivity index (χ1v) is 11.8. The molecular formula is C24H25N3O4S. The molecule has 4 rings (SSSR count). The number of piperazine rings is 1. The van der Waals surface area contributed by atoms with Crippen molar-refractivity contribution < 1.29 is 18.3 Å². The molecule has 0 atom stereocenters. The van der Waals surface area contributed by atoms with Crippen LogP contribution < -0.4 is 9.62 Å². The molecule has 32 heavy (non-hydrogen) atoms. The topological polar surface area (TPSA) is 90.0 Å². The highest BCUT2D eigenvalue weighted by Gasteiger charge is 2.24. The summed E-state index contributed by atoms with van der Waals surface area (Å²) in [5.74, 6) is 0.0840. The number of amides is 1. The van der Waals surface area contributed by atoms with E-state index in [1.807, 2.05) is 36.1 Å². The van der Waals surface area contributed by atoms with Crippen LogP contribution in [0.1, 0.15) is 15.9 Å². The fraction of sp³-hybridized carbons (Fsp3) is 0.208. The molecular weight excluding hydrogens is 426 g/mol. The van der Waals surface area contributed by atoms with E-state index in [1.54, 1.807) is 41.3 Å². The quantitative estimate of drug-likeness (QED) is 0.620. The Labute approximate surface area is 188 Å². The summed E-state index contributed by atoms with van der Waals surface area (Å²) in [5, 5.41) is 10.0. The highest BCUT2D eigenvalue weighted by Crippen LogP contribution is 2.27. The van der Waals surface area contributed by atoms with Gasteiger partial charge in [-0.25, -0.2) is 8.42 Å². The SMILES string of the molecule is Cc1ccc(NS(=O)(=O)c2ccc(C(=O)N3CCN(c4ccccc4O)CC3)cc2)cc1. The maximum Gasteiger partial charge on any atom is 0.261 e. The van der Waals surface area contributed by atoms with Crippen molar-refractivity contribution in [2.24, 2.45) is 0 Å². The summed E-state index contributed by atoms with van der Waals surface area (Å²) in [6, 6.07) is 20.2. The van der Waals surface area contributed by atoms with Crippen molar-refractivity contribution in [3.05, 3.63) is 83.9 Å². The average molecular weight is 452 g/mol. The van der Waals surface area contributed by atoms with Crippen LogP contribution in [-0.2, 0) is 10.0 Å². The maximum absolute atomic E-state index is 12.9. The van der Waals surface area contributed by atoms with E-state index < -0.39 is 10.0 Å². The molecule has 1 saturated heterocycles. The molecule has 0 bridgehead atoms. The minimum atomic E-state index is -3.74. The van der Waals surface area contributed by atoms with Crippen molar-refractivity contribution in [3.8, 4) is 5.75 Å². The Balaban J connectivity index is 1.40. The van der Waals surface area contributed by atoms with Gasteiger partial charge < -0.3 is 14.9 Å². The van der Waals surface area contributed by atoms with Gasteiger partial charge in [0.15, 0.2) is 0 Å². The zero-order chi connectivity index (χ0) is 22.7. The third-order valence-electron chi connectivity index (χ3n) is 5.50. The standard InChI is InChI=1S/C24H25N3O4S/c1-18-6-10-20(11-7-18)25-32(30,31)21-12-8-19(9-13-21)24(29)27-16-14-26(15-17-27)22-4-2-3-5-23(22)28/h2-13,25,28H,14-17H2,1H3. The Morgan fingerprint density at radius 2 is 1.50 bits per heavy atom. The lowest BCUT2D eigenvalue weighted by Gasteiger charge is -2.36. The normalized spacial score (nSPS) is 14.3. The van der Waals surface area contributed by atoms with Gasteiger partial charge in [0.2, 0.25) is 0 Å². The van der Waals surface area contributed by atoms with Crippen molar-refractivity contribution in [2.45, 2.75) is 11.8 Å². The van der Waals surface area contributed by atoms with Crippen LogP contribution in [0.15, 0.2) is 77.7 Å². The van der Waals surface area contributed by atoms with Gasteiger partial charge in [-0.15, -0.1) is 0 Å². The summed E-state index contributed by atoms with van der Waals surface area (Å²) in [7, 11) is -3.74. The van der Waals surface area contributed by atoms with Gasteiger partial charge in [0.1, 0.15) is 5.75 Å². The molecule has 0 aliphatic carbocycles. The second-order valence-electron chi connectivity index (χ2n) is 7.76. The van der Waals surface area contributed by atoms with Crippen molar-refractivity contribution >= 4 is 27.3 Å². The molecule has 1 aliphatic rings. The molecule has 1 aliphatic heterocycles. The van der Waals surface area contributed by atoms with Gasteiger partial charge in [-0.05, 0) is 55.5 Å². The molecule has 0 spiro atoms. The maximum atomic E-state index is 12.9. The van der Waals surface area contributed by atoms with Crippen molar-refractivity contribution in [3.63, 3.8) is 0 Å². The summed E-state index contributed by atoms with van der Waals surface area (Å²) in [4.78, 5) is 16.8. The average Bonchev–Trinajstić information content (AvgIpc) is 2.80. The molecule has 1 fully saturated rings. The molecule has 0 radical (unpaired) electrons. The zero-order valence-electron chi connectivity index (χ0n) is 17.7. The molecule has 3 aromatic carbocycles. The van der Waals surface area contributed by atoms with Crippen LogP contribution in [0.25, 0.3) is 0 Å². The summed E-state index contributed by atoms with van der Waals surface area (Å²) in [5.41, 5.74) is 2.72. The Morgan fingerprint density at radius 3 is 2.12 bits per heavy atom. The lowest BCUT2D eigenvalue weighted by atomic mass is 10.1. The van der Waals surface area contributed by atoms with Gasteiger partial charge in [-0.2, -0.15) is 0 Å². The third-order valence-corrected chi connectivity index (χ3v) is 6.90. The predicted molar refractivity (Wildman–Crippen MR) is 125 cm³/mol. The van der Waals surface area contributed by atoms with Gasteiger partial charge in [-0.3, -0.25) is 9.52 Å². The minimum absolute atomic E-state index is 0.0963. The number of nitrogens with zero attached hydrogens (tertiary/aromatic N) is 2. The van der Waals surface area contributed by atoms with Crippen molar-refractivity contribution in [1.82, 2.24) is 4.90 Å². The number of para-hydroxylation sites is 2. The molecule has 166 valence electrons. The van der Waals surface area contributed by atoms with Crippen LogP contribution in [0.5, 0.6) is 5.75 Å². The van der Waals surface area contributed by atoms with Crippen LogP contribution in [0, 0.1) is 6.92 Å². The second kappa shape index (κ2) is 8.92. The molecule has 1 heterocycles. The smallest absolute Gasteiger partial charge is 0.261 e. The summed E-state index contributed by atoms with van der Waals surface area (Å²) in [6.45, 7) is 4.18. The number of hydrogen-bond acceptors (Lipinski definition) is 5. The van der Waals surface area contributed by atoms with Gasteiger partial charge in [0.25, 0.3) is 15.9 Å². The molecule has 0 saturated carbocycles. The number of carbonyl (C=O) groups is 1. The first kappa shape index (κ1) is 21.7. The number of sulfonamides is 1. The molecule has 2 N–H and O–H groups in total. The van der Waals surface area contributed by atoms with E-state index >= 15 is 0 Å². The van der Waals surface area contributed by atoms with E-state index in [4.69, 9.17) is 0 Å².